The van der Waals surface area contributed by atoms with Crippen LogP contribution in [-0.2, 0) is 0 Å². The predicted molar refractivity (Wildman–Crippen MR) is 109 cm³/mol. The van der Waals surface area contributed by atoms with Crippen LogP contribution >= 0.6 is 0 Å². The highest BCUT2D eigenvalue weighted by Gasteiger charge is 2.19. The van der Waals surface area contributed by atoms with Gasteiger partial charge in [-0.25, -0.2) is 9.97 Å². The number of nitrogens with zero attached hydrogens (tertiary/aromatic N) is 3. The molecule has 5 heteroatoms. The van der Waals surface area contributed by atoms with Crippen molar-refractivity contribution in [3.05, 3.63) is 84.6 Å². The molecule has 0 aliphatic heterocycles. The number of anilines is 2. The monoisotopic (exact) mass is 358 g/mol. The molecule has 3 rings (SSSR count). The van der Waals surface area contributed by atoms with E-state index in [2.05, 4.69) is 16.9 Å². The Morgan fingerprint density at radius 3 is 2.52 bits per heavy atom. The molecule has 0 unspecified atom stereocenters. The molecule has 1 N–H and O–H groups in total. The lowest BCUT2D eigenvalue weighted by atomic mass is 10.2. The maximum Gasteiger partial charge on any atom is 0.256 e. The summed E-state index contributed by atoms with van der Waals surface area (Å²) in [5.74, 6) is 0.891. The third kappa shape index (κ3) is 4.20. The van der Waals surface area contributed by atoms with E-state index in [0.29, 0.717) is 23.8 Å². The molecule has 1 heterocycles. The standard InChI is InChI=1S/C22H22N4O/c1-4-14-23-22(27)19-15-24-20(17-8-6-5-7-9-17)25-21(19)26(3)18-12-10-16(2)11-13-18/h4-13,15H,1,14H2,2-3H3,(H,23,27). The van der Waals surface area contributed by atoms with E-state index in [1.54, 1.807) is 12.3 Å². The van der Waals surface area contributed by atoms with E-state index in [4.69, 9.17) is 4.98 Å². The van der Waals surface area contributed by atoms with Crippen LogP contribution in [0.5, 0.6) is 0 Å². The highest BCUT2D eigenvalue weighted by atomic mass is 16.1. The van der Waals surface area contributed by atoms with Crippen LogP contribution in [0.1, 0.15) is 15.9 Å². The molecule has 0 aliphatic carbocycles. The summed E-state index contributed by atoms with van der Waals surface area (Å²) in [6, 6.07) is 17.8. The Hall–Kier alpha value is -3.47. The lowest BCUT2D eigenvalue weighted by molar-refractivity contribution is 0.0958. The molecule has 136 valence electrons. The van der Waals surface area contributed by atoms with Gasteiger partial charge < -0.3 is 10.2 Å². The van der Waals surface area contributed by atoms with Crippen molar-refractivity contribution < 1.29 is 4.79 Å². The fraction of sp³-hybridized carbons (Fsp3) is 0.136. The van der Waals surface area contributed by atoms with E-state index in [1.807, 2.05) is 73.5 Å². The van der Waals surface area contributed by atoms with Crippen LogP contribution in [0, 0.1) is 6.92 Å². The van der Waals surface area contributed by atoms with Gasteiger partial charge in [0.1, 0.15) is 11.4 Å². The minimum Gasteiger partial charge on any atom is -0.348 e. The summed E-state index contributed by atoms with van der Waals surface area (Å²) in [4.78, 5) is 23.6. The summed E-state index contributed by atoms with van der Waals surface area (Å²) in [6.45, 7) is 6.06. The maximum atomic E-state index is 12.6. The smallest absolute Gasteiger partial charge is 0.256 e. The van der Waals surface area contributed by atoms with Crippen molar-refractivity contribution in [2.24, 2.45) is 0 Å². The van der Waals surface area contributed by atoms with Gasteiger partial charge >= 0.3 is 0 Å². The lowest BCUT2D eigenvalue weighted by Gasteiger charge is -2.21. The third-order valence-corrected chi connectivity index (χ3v) is 4.19. The van der Waals surface area contributed by atoms with E-state index in [0.717, 1.165) is 11.3 Å². The zero-order valence-corrected chi connectivity index (χ0v) is 15.5. The van der Waals surface area contributed by atoms with Crippen LogP contribution in [0.2, 0.25) is 0 Å². The van der Waals surface area contributed by atoms with Crippen LogP contribution in [0.4, 0.5) is 11.5 Å². The Bertz CT molecular complexity index is 936. The van der Waals surface area contributed by atoms with Crippen molar-refractivity contribution in [3.63, 3.8) is 0 Å². The van der Waals surface area contributed by atoms with Gasteiger partial charge in [-0.2, -0.15) is 0 Å². The number of nitrogens with one attached hydrogen (secondary N) is 1. The highest BCUT2D eigenvalue weighted by Crippen LogP contribution is 2.27. The van der Waals surface area contributed by atoms with Gasteiger partial charge in [-0.15, -0.1) is 6.58 Å². The SMILES string of the molecule is C=CCNC(=O)c1cnc(-c2ccccc2)nc1N(C)c1ccc(C)cc1. The first kappa shape index (κ1) is 18.3. The maximum absolute atomic E-state index is 12.6. The molecule has 0 spiro atoms. The number of aryl methyl sites for hydroxylation is 1. The molecule has 0 radical (unpaired) electrons. The second-order valence-electron chi connectivity index (χ2n) is 6.19. The molecule has 0 saturated heterocycles. The lowest BCUT2D eigenvalue weighted by Crippen LogP contribution is -2.26. The predicted octanol–water partition coefficient (Wildman–Crippen LogP) is 4.14. The second kappa shape index (κ2) is 8.27. The van der Waals surface area contributed by atoms with Gasteiger partial charge in [0.05, 0.1) is 0 Å². The summed E-state index contributed by atoms with van der Waals surface area (Å²) in [6.07, 6.45) is 3.22. The van der Waals surface area contributed by atoms with Gasteiger partial charge in [0.15, 0.2) is 5.82 Å². The first-order valence-electron chi connectivity index (χ1n) is 8.72. The van der Waals surface area contributed by atoms with Gasteiger partial charge in [0, 0.05) is 31.0 Å². The topological polar surface area (TPSA) is 58.1 Å². The number of hydrogen-bond donors (Lipinski definition) is 1. The molecule has 0 fully saturated rings. The minimum atomic E-state index is -0.233. The number of benzene rings is 2. The molecular formula is C22H22N4O. The summed E-state index contributed by atoms with van der Waals surface area (Å²) in [5, 5.41) is 2.80. The second-order valence-corrected chi connectivity index (χ2v) is 6.19. The number of carbonyl (C=O) groups excluding carboxylic acids is 1. The van der Waals surface area contributed by atoms with E-state index < -0.39 is 0 Å². The van der Waals surface area contributed by atoms with Gasteiger partial charge in [-0.3, -0.25) is 4.79 Å². The van der Waals surface area contributed by atoms with Crippen LogP contribution < -0.4 is 10.2 Å². The Morgan fingerprint density at radius 2 is 1.85 bits per heavy atom. The Kier molecular flexibility index (Phi) is 5.61. The quantitative estimate of drug-likeness (QED) is 0.673. The van der Waals surface area contributed by atoms with Gasteiger partial charge in [-0.1, -0.05) is 54.1 Å². The van der Waals surface area contributed by atoms with E-state index in [1.165, 1.54) is 5.56 Å². The molecule has 3 aromatic rings. The van der Waals surface area contributed by atoms with Crippen LogP contribution in [0.3, 0.4) is 0 Å². The summed E-state index contributed by atoms with van der Waals surface area (Å²) < 4.78 is 0. The Balaban J connectivity index is 2.06. The zero-order valence-electron chi connectivity index (χ0n) is 15.5. The number of carbonyl (C=O) groups is 1. The van der Waals surface area contributed by atoms with Crippen molar-refractivity contribution in [3.8, 4) is 11.4 Å². The van der Waals surface area contributed by atoms with Crippen molar-refractivity contribution in [1.29, 1.82) is 0 Å². The fourth-order valence-electron chi connectivity index (χ4n) is 2.67. The van der Waals surface area contributed by atoms with Gasteiger partial charge in [0.2, 0.25) is 0 Å². The molecule has 1 amide bonds. The average Bonchev–Trinajstić information content (AvgIpc) is 2.72. The van der Waals surface area contributed by atoms with Crippen molar-refractivity contribution >= 4 is 17.4 Å². The number of amides is 1. The summed E-state index contributed by atoms with van der Waals surface area (Å²) in [7, 11) is 1.89. The zero-order chi connectivity index (χ0) is 19.2. The summed E-state index contributed by atoms with van der Waals surface area (Å²) >= 11 is 0. The van der Waals surface area contributed by atoms with Crippen molar-refractivity contribution in [2.75, 3.05) is 18.5 Å². The molecule has 1 aromatic heterocycles. The van der Waals surface area contributed by atoms with Crippen LogP contribution in [-0.4, -0.2) is 29.5 Å². The average molecular weight is 358 g/mol. The first-order chi connectivity index (χ1) is 13.1. The van der Waals surface area contributed by atoms with Gasteiger partial charge in [0.25, 0.3) is 5.91 Å². The minimum absolute atomic E-state index is 0.233. The number of hydrogen-bond acceptors (Lipinski definition) is 4. The molecule has 0 atom stereocenters. The molecular weight excluding hydrogens is 336 g/mol. The largest absolute Gasteiger partial charge is 0.348 e. The fourth-order valence-corrected chi connectivity index (χ4v) is 2.67. The highest BCUT2D eigenvalue weighted by molar-refractivity contribution is 5.99. The molecule has 5 nitrogen and oxygen atoms in total. The van der Waals surface area contributed by atoms with Crippen LogP contribution in [0.25, 0.3) is 11.4 Å². The molecule has 0 aliphatic rings. The van der Waals surface area contributed by atoms with Gasteiger partial charge in [-0.05, 0) is 19.1 Å². The number of aromatic nitrogens is 2. The summed E-state index contributed by atoms with van der Waals surface area (Å²) in [5.41, 5.74) is 3.42. The number of rotatable bonds is 6. The normalized spacial score (nSPS) is 10.3. The molecule has 0 bridgehead atoms. The van der Waals surface area contributed by atoms with E-state index in [-0.39, 0.29) is 5.91 Å². The Morgan fingerprint density at radius 1 is 1.15 bits per heavy atom. The molecule has 2 aromatic carbocycles. The van der Waals surface area contributed by atoms with E-state index in [9.17, 15) is 4.79 Å². The van der Waals surface area contributed by atoms with E-state index >= 15 is 0 Å². The first-order valence-corrected chi connectivity index (χ1v) is 8.72. The van der Waals surface area contributed by atoms with Crippen LogP contribution in [0.15, 0.2) is 73.4 Å². The Labute approximate surface area is 159 Å². The third-order valence-electron chi connectivity index (χ3n) is 4.19. The van der Waals surface area contributed by atoms with Crippen molar-refractivity contribution in [2.45, 2.75) is 6.92 Å². The van der Waals surface area contributed by atoms with Crippen molar-refractivity contribution in [1.82, 2.24) is 15.3 Å². The molecule has 27 heavy (non-hydrogen) atoms. The molecule has 0 saturated carbocycles.